The van der Waals surface area contributed by atoms with Gasteiger partial charge in [-0.25, -0.2) is 0 Å². The van der Waals surface area contributed by atoms with Crippen LogP contribution in [0, 0.1) is 0 Å². The standard InChI is InChI=1S/C16H12Cl3F3N2OS/c1-2-26-14-7-12(19)11(18)6-13(14)23-24-15(25)8-3-9(16(20,21)22)5-10(17)4-8/h3-7,23H,2H2,1H3,(H,24,25). The van der Waals surface area contributed by atoms with Crippen LogP contribution in [0.2, 0.25) is 15.1 Å². The number of hydrogen-bond donors (Lipinski definition) is 2. The molecule has 0 aliphatic heterocycles. The molecule has 2 N–H and O–H groups in total. The molecule has 1 amide bonds. The third kappa shape index (κ3) is 5.36. The summed E-state index contributed by atoms with van der Waals surface area (Å²) in [6.07, 6.45) is -4.61. The third-order valence-electron chi connectivity index (χ3n) is 3.12. The molecule has 0 saturated heterocycles. The SMILES string of the molecule is CCSc1cc(Cl)c(Cl)cc1NNC(=O)c1cc(Cl)cc(C(F)(F)F)c1. The van der Waals surface area contributed by atoms with Crippen LogP contribution in [-0.4, -0.2) is 11.7 Å². The average Bonchev–Trinajstić information content (AvgIpc) is 2.55. The fourth-order valence-electron chi connectivity index (χ4n) is 1.98. The van der Waals surface area contributed by atoms with Gasteiger partial charge in [-0.3, -0.25) is 15.6 Å². The molecule has 0 spiro atoms. The monoisotopic (exact) mass is 442 g/mol. The highest BCUT2D eigenvalue weighted by Crippen LogP contribution is 2.35. The quantitative estimate of drug-likeness (QED) is 0.407. The molecule has 0 aromatic heterocycles. The molecule has 2 aromatic carbocycles. The normalized spacial score (nSPS) is 11.3. The minimum absolute atomic E-state index is 0.193. The first-order chi connectivity index (χ1) is 12.1. The maximum atomic E-state index is 12.8. The molecule has 0 aliphatic carbocycles. The van der Waals surface area contributed by atoms with Crippen LogP contribution in [0.4, 0.5) is 18.9 Å². The summed E-state index contributed by atoms with van der Waals surface area (Å²) in [5.41, 5.74) is 4.22. The molecule has 2 aromatic rings. The highest BCUT2D eigenvalue weighted by molar-refractivity contribution is 7.99. The maximum absolute atomic E-state index is 12.8. The van der Waals surface area contributed by atoms with Gasteiger partial charge in [0.05, 0.1) is 21.3 Å². The number of anilines is 1. The lowest BCUT2D eigenvalue weighted by Crippen LogP contribution is -2.30. The summed E-state index contributed by atoms with van der Waals surface area (Å²) >= 11 is 19.1. The van der Waals surface area contributed by atoms with E-state index in [0.717, 1.165) is 28.8 Å². The first-order valence-corrected chi connectivity index (χ1v) is 9.29. The van der Waals surface area contributed by atoms with Gasteiger partial charge in [0.25, 0.3) is 5.91 Å². The van der Waals surface area contributed by atoms with Crippen molar-refractivity contribution in [3.63, 3.8) is 0 Å². The zero-order valence-electron chi connectivity index (χ0n) is 13.2. The van der Waals surface area contributed by atoms with Crippen LogP contribution in [-0.2, 0) is 6.18 Å². The van der Waals surface area contributed by atoms with Crippen molar-refractivity contribution in [3.8, 4) is 0 Å². The van der Waals surface area contributed by atoms with Crippen molar-refractivity contribution in [2.75, 3.05) is 11.2 Å². The number of thioether (sulfide) groups is 1. The molecule has 0 aliphatic rings. The van der Waals surface area contributed by atoms with Crippen molar-refractivity contribution in [1.82, 2.24) is 5.43 Å². The second kappa shape index (κ2) is 8.61. The largest absolute Gasteiger partial charge is 0.416 e. The molecule has 0 bridgehead atoms. The number of halogens is 6. The van der Waals surface area contributed by atoms with E-state index in [-0.39, 0.29) is 15.6 Å². The molecule has 0 unspecified atom stereocenters. The van der Waals surface area contributed by atoms with Crippen molar-refractivity contribution >= 4 is 58.2 Å². The summed E-state index contributed by atoms with van der Waals surface area (Å²) in [6, 6.07) is 5.76. The zero-order chi connectivity index (χ0) is 19.5. The van der Waals surface area contributed by atoms with Crippen LogP contribution in [0.25, 0.3) is 0 Å². The average molecular weight is 444 g/mol. The van der Waals surface area contributed by atoms with Crippen molar-refractivity contribution < 1.29 is 18.0 Å². The molecule has 2 rings (SSSR count). The van der Waals surface area contributed by atoms with Gasteiger partial charge >= 0.3 is 6.18 Å². The van der Waals surface area contributed by atoms with Gasteiger partial charge in [0.2, 0.25) is 0 Å². The van der Waals surface area contributed by atoms with Gasteiger partial charge in [-0.1, -0.05) is 41.7 Å². The second-order valence-electron chi connectivity index (χ2n) is 5.00. The fraction of sp³-hybridized carbons (Fsp3) is 0.188. The van der Waals surface area contributed by atoms with Crippen LogP contribution in [0.1, 0.15) is 22.8 Å². The Morgan fingerprint density at radius 2 is 1.73 bits per heavy atom. The van der Waals surface area contributed by atoms with Crippen LogP contribution in [0.3, 0.4) is 0 Å². The van der Waals surface area contributed by atoms with Crippen LogP contribution in [0.15, 0.2) is 35.2 Å². The number of carbonyl (C=O) groups is 1. The maximum Gasteiger partial charge on any atom is 0.416 e. The second-order valence-corrected chi connectivity index (χ2v) is 7.56. The minimum atomic E-state index is -4.61. The lowest BCUT2D eigenvalue weighted by Gasteiger charge is -2.14. The van der Waals surface area contributed by atoms with Crippen molar-refractivity contribution in [1.29, 1.82) is 0 Å². The van der Waals surface area contributed by atoms with E-state index in [1.54, 1.807) is 6.07 Å². The number of hydrazine groups is 1. The zero-order valence-corrected chi connectivity index (χ0v) is 16.3. The van der Waals surface area contributed by atoms with E-state index >= 15 is 0 Å². The Morgan fingerprint density at radius 3 is 2.35 bits per heavy atom. The Balaban J connectivity index is 2.22. The van der Waals surface area contributed by atoms with Gasteiger partial charge in [-0.15, -0.1) is 11.8 Å². The van der Waals surface area contributed by atoms with Gasteiger partial charge in [-0.05, 0) is 36.1 Å². The van der Waals surface area contributed by atoms with E-state index in [1.165, 1.54) is 17.8 Å². The van der Waals surface area contributed by atoms with E-state index in [1.807, 2.05) is 6.92 Å². The van der Waals surface area contributed by atoms with E-state index in [2.05, 4.69) is 10.9 Å². The van der Waals surface area contributed by atoms with Gasteiger partial charge in [0.1, 0.15) is 0 Å². The highest BCUT2D eigenvalue weighted by atomic mass is 35.5. The van der Waals surface area contributed by atoms with Crippen molar-refractivity contribution in [3.05, 3.63) is 56.5 Å². The first-order valence-electron chi connectivity index (χ1n) is 7.17. The minimum Gasteiger partial charge on any atom is -0.297 e. The number of benzene rings is 2. The molecular formula is C16H12Cl3F3N2OS. The number of rotatable bonds is 5. The number of carbonyl (C=O) groups excluding carboxylic acids is 1. The predicted octanol–water partition coefficient (Wildman–Crippen LogP) is 6.53. The molecular weight excluding hydrogens is 432 g/mol. The van der Waals surface area contributed by atoms with Crippen LogP contribution < -0.4 is 10.9 Å². The molecule has 3 nitrogen and oxygen atoms in total. The summed E-state index contributed by atoms with van der Waals surface area (Å²) < 4.78 is 38.5. The summed E-state index contributed by atoms with van der Waals surface area (Å²) in [5, 5.41) is 0.428. The Labute approximate surface area is 167 Å². The van der Waals surface area contributed by atoms with E-state index in [0.29, 0.717) is 10.7 Å². The number of nitrogens with one attached hydrogen (secondary N) is 2. The van der Waals surface area contributed by atoms with Crippen molar-refractivity contribution in [2.24, 2.45) is 0 Å². The Bertz CT molecular complexity index is 831. The molecule has 140 valence electrons. The van der Waals surface area contributed by atoms with Gasteiger partial charge in [0, 0.05) is 15.5 Å². The van der Waals surface area contributed by atoms with Gasteiger partial charge in [0.15, 0.2) is 0 Å². The molecule has 10 heteroatoms. The summed E-state index contributed by atoms with van der Waals surface area (Å²) in [4.78, 5) is 12.9. The number of hydrogen-bond acceptors (Lipinski definition) is 3. The van der Waals surface area contributed by atoms with Gasteiger partial charge in [-0.2, -0.15) is 13.2 Å². The van der Waals surface area contributed by atoms with Crippen molar-refractivity contribution in [2.45, 2.75) is 18.0 Å². The molecule has 0 atom stereocenters. The molecule has 0 radical (unpaired) electrons. The summed E-state index contributed by atoms with van der Waals surface area (Å²) in [5.74, 6) is -0.0411. The molecule has 0 fully saturated rings. The van der Waals surface area contributed by atoms with E-state index in [9.17, 15) is 18.0 Å². The fourth-order valence-corrected chi connectivity index (χ4v) is 3.39. The molecule has 26 heavy (non-hydrogen) atoms. The topological polar surface area (TPSA) is 41.1 Å². The Morgan fingerprint density at radius 1 is 1.08 bits per heavy atom. The highest BCUT2D eigenvalue weighted by Gasteiger charge is 2.31. The molecule has 0 heterocycles. The number of alkyl halides is 3. The van der Waals surface area contributed by atoms with E-state index in [4.69, 9.17) is 34.8 Å². The lowest BCUT2D eigenvalue weighted by molar-refractivity contribution is -0.137. The van der Waals surface area contributed by atoms with Crippen LogP contribution in [0.5, 0.6) is 0 Å². The molecule has 0 saturated carbocycles. The smallest absolute Gasteiger partial charge is 0.297 e. The van der Waals surface area contributed by atoms with E-state index < -0.39 is 17.6 Å². The third-order valence-corrected chi connectivity index (χ3v) is 5.00. The number of amides is 1. The first kappa shape index (κ1) is 21.0. The summed E-state index contributed by atoms with van der Waals surface area (Å²) in [6.45, 7) is 1.93. The predicted molar refractivity (Wildman–Crippen MR) is 100 cm³/mol. The van der Waals surface area contributed by atoms with Crippen LogP contribution >= 0.6 is 46.6 Å². The summed E-state index contributed by atoms with van der Waals surface area (Å²) in [7, 11) is 0. The lowest BCUT2D eigenvalue weighted by atomic mass is 10.1. The Kier molecular flexibility index (Phi) is 6.96. The van der Waals surface area contributed by atoms with Gasteiger partial charge < -0.3 is 0 Å². The Hall–Kier alpha value is -1.28.